The van der Waals surface area contributed by atoms with Crippen molar-refractivity contribution in [3.63, 3.8) is 0 Å². The van der Waals surface area contributed by atoms with Crippen molar-refractivity contribution in [1.82, 2.24) is 5.32 Å². The molecule has 2 aromatic rings. The number of hydrogen-bond acceptors (Lipinski definition) is 5. The number of aliphatic hydroxyl groups is 1. The summed E-state index contributed by atoms with van der Waals surface area (Å²) in [6, 6.07) is 7.46. The minimum atomic E-state index is -1.14. The number of carbonyl (C=O) groups is 2. The first-order valence-electron chi connectivity index (χ1n) is 8.06. The Morgan fingerprint density at radius 3 is 2.67 bits per heavy atom. The van der Waals surface area contributed by atoms with Gasteiger partial charge in [0.1, 0.15) is 11.6 Å². The lowest BCUT2D eigenvalue weighted by Gasteiger charge is -2.12. The van der Waals surface area contributed by atoms with Crippen molar-refractivity contribution in [2.45, 2.75) is 12.5 Å². The molecule has 0 fully saturated rings. The summed E-state index contributed by atoms with van der Waals surface area (Å²) >= 11 is 0. The maximum atomic E-state index is 13.5. The zero-order valence-electron chi connectivity index (χ0n) is 14.0. The van der Waals surface area contributed by atoms with Crippen molar-refractivity contribution < 1.29 is 33.0 Å². The highest BCUT2D eigenvalue weighted by atomic mass is 19.1. The van der Waals surface area contributed by atoms with Crippen LogP contribution in [-0.2, 0) is 9.59 Å². The van der Waals surface area contributed by atoms with Gasteiger partial charge in [-0.2, -0.15) is 0 Å². The van der Waals surface area contributed by atoms with E-state index in [1.54, 1.807) is 18.2 Å². The molecule has 0 saturated carbocycles. The molecule has 3 rings (SSSR count). The molecule has 0 spiro atoms. The number of rotatable bonds is 5. The number of aliphatic hydroxyl groups excluding tert-OH is 1. The zero-order chi connectivity index (χ0) is 19.4. The maximum Gasteiger partial charge on any atom is 0.313 e. The fourth-order valence-electron chi connectivity index (χ4n) is 2.46. The third-order valence-electron chi connectivity index (χ3n) is 3.87. The Kier molecular flexibility index (Phi) is 5.51. The summed E-state index contributed by atoms with van der Waals surface area (Å²) in [7, 11) is 0. The van der Waals surface area contributed by atoms with Crippen LogP contribution in [0.4, 0.5) is 14.5 Å². The van der Waals surface area contributed by atoms with Gasteiger partial charge in [0.05, 0.1) is 11.8 Å². The molecule has 0 aromatic heterocycles. The summed E-state index contributed by atoms with van der Waals surface area (Å²) in [4.78, 5) is 23.5. The second-order valence-corrected chi connectivity index (χ2v) is 5.75. The lowest BCUT2D eigenvalue weighted by Crippen LogP contribution is -2.36. The fourth-order valence-corrected chi connectivity index (χ4v) is 2.46. The standard InChI is InChI=1S/C18H16F2N2O5/c19-11-2-3-12(20)13(8-11)22-18(25)17(24)21-6-5-14(23)10-1-4-15-16(7-10)27-9-26-15/h1-4,7-8,14,23H,5-6,9H2,(H,21,24)(H,22,25). The largest absolute Gasteiger partial charge is 0.454 e. The summed E-state index contributed by atoms with van der Waals surface area (Å²) in [6.07, 6.45) is -0.768. The topological polar surface area (TPSA) is 96.9 Å². The number of anilines is 1. The third-order valence-corrected chi connectivity index (χ3v) is 3.87. The first kappa shape index (κ1) is 18.6. The Hall–Kier alpha value is -3.20. The van der Waals surface area contributed by atoms with E-state index in [1.165, 1.54) is 0 Å². The van der Waals surface area contributed by atoms with E-state index in [9.17, 15) is 23.5 Å². The van der Waals surface area contributed by atoms with Crippen LogP contribution in [0.25, 0.3) is 0 Å². The number of benzene rings is 2. The minimum Gasteiger partial charge on any atom is -0.454 e. The lowest BCUT2D eigenvalue weighted by atomic mass is 10.1. The molecule has 0 aliphatic carbocycles. The average Bonchev–Trinajstić information content (AvgIpc) is 3.12. The first-order chi connectivity index (χ1) is 12.9. The van der Waals surface area contributed by atoms with Crippen LogP contribution >= 0.6 is 0 Å². The molecule has 2 aromatic carbocycles. The Labute approximate surface area is 152 Å². The molecular formula is C18H16F2N2O5. The van der Waals surface area contributed by atoms with Gasteiger partial charge in [0.25, 0.3) is 0 Å². The second kappa shape index (κ2) is 8.00. The highest BCUT2D eigenvalue weighted by molar-refractivity contribution is 6.39. The van der Waals surface area contributed by atoms with Crippen molar-refractivity contribution in [3.05, 3.63) is 53.6 Å². The quantitative estimate of drug-likeness (QED) is 0.691. The van der Waals surface area contributed by atoms with Gasteiger partial charge in [-0.15, -0.1) is 0 Å². The predicted molar refractivity (Wildman–Crippen MR) is 90.1 cm³/mol. The highest BCUT2D eigenvalue weighted by Crippen LogP contribution is 2.34. The highest BCUT2D eigenvalue weighted by Gasteiger charge is 2.18. The number of fused-ring (bicyclic) bond motifs is 1. The van der Waals surface area contributed by atoms with E-state index in [1.807, 2.05) is 5.32 Å². The van der Waals surface area contributed by atoms with Crippen LogP contribution in [0, 0.1) is 11.6 Å². The SMILES string of the molecule is O=C(NCCC(O)c1ccc2c(c1)OCO2)C(=O)Nc1cc(F)ccc1F. The van der Waals surface area contributed by atoms with Crippen LogP contribution in [0.5, 0.6) is 11.5 Å². The Morgan fingerprint density at radius 1 is 1.07 bits per heavy atom. The maximum absolute atomic E-state index is 13.5. The van der Waals surface area contributed by atoms with Crippen LogP contribution in [0.15, 0.2) is 36.4 Å². The van der Waals surface area contributed by atoms with Crippen LogP contribution in [-0.4, -0.2) is 30.3 Å². The minimum absolute atomic E-state index is 0.00645. The van der Waals surface area contributed by atoms with Crippen molar-refractivity contribution in [2.75, 3.05) is 18.7 Å². The molecule has 2 amide bonds. The number of hydrogen-bond donors (Lipinski definition) is 3. The summed E-state index contributed by atoms with van der Waals surface area (Å²) in [5.74, 6) is -2.68. The second-order valence-electron chi connectivity index (χ2n) is 5.75. The predicted octanol–water partition coefficient (Wildman–Crippen LogP) is 1.87. The smallest absolute Gasteiger partial charge is 0.313 e. The van der Waals surface area contributed by atoms with E-state index in [0.29, 0.717) is 17.1 Å². The summed E-state index contributed by atoms with van der Waals surface area (Å²) in [5.41, 5.74) is 0.135. The van der Waals surface area contributed by atoms with Crippen molar-refractivity contribution in [1.29, 1.82) is 0 Å². The normalized spacial score (nSPS) is 13.1. The Bertz CT molecular complexity index is 875. The van der Waals surface area contributed by atoms with E-state index in [0.717, 1.165) is 18.2 Å². The number of nitrogens with one attached hydrogen (secondary N) is 2. The molecule has 3 N–H and O–H groups in total. The van der Waals surface area contributed by atoms with E-state index in [2.05, 4.69) is 5.32 Å². The molecule has 27 heavy (non-hydrogen) atoms. The number of carbonyl (C=O) groups excluding carboxylic acids is 2. The summed E-state index contributed by atoms with van der Waals surface area (Å²) in [5, 5.41) is 14.5. The molecule has 1 aliphatic heterocycles. The molecule has 7 nitrogen and oxygen atoms in total. The van der Waals surface area contributed by atoms with Gasteiger partial charge in [-0.25, -0.2) is 8.78 Å². The van der Waals surface area contributed by atoms with Gasteiger partial charge in [-0.1, -0.05) is 6.07 Å². The van der Waals surface area contributed by atoms with Crippen molar-refractivity contribution in [3.8, 4) is 11.5 Å². The van der Waals surface area contributed by atoms with Crippen LogP contribution in [0.3, 0.4) is 0 Å². The molecule has 1 atom stereocenters. The van der Waals surface area contributed by atoms with E-state index >= 15 is 0 Å². The van der Waals surface area contributed by atoms with E-state index < -0.39 is 35.2 Å². The Morgan fingerprint density at radius 2 is 1.85 bits per heavy atom. The van der Waals surface area contributed by atoms with Gasteiger partial charge < -0.3 is 25.2 Å². The zero-order valence-corrected chi connectivity index (χ0v) is 14.0. The molecule has 142 valence electrons. The summed E-state index contributed by atoms with van der Waals surface area (Å²) in [6.45, 7) is 0.111. The number of amides is 2. The molecule has 0 saturated heterocycles. The van der Waals surface area contributed by atoms with Gasteiger partial charge in [0, 0.05) is 12.6 Å². The van der Waals surface area contributed by atoms with Crippen LogP contribution in [0.1, 0.15) is 18.1 Å². The Balaban J connectivity index is 1.48. The average molecular weight is 378 g/mol. The molecule has 1 heterocycles. The monoisotopic (exact) mass is 378 g/mol. The van der Waals surface area contributed by atoms with Crippen molar-refractivity contribution >= 4 is 17.5 Å². The number of halogens is 2. The fraction of sp³-hybridized carbons (Fsp3) is 0.222. The molecule has 0 radical (unpaired) electrons. The van der Waals surface area contributed by atoms with Gasteiger partial charge in [-0.05, 0) is 36.2 Å². The van der Waals surface area contributed by atoms with E-state index in [-0.39, 0.29) is 19.8 Å². The molecule has 9 heteroatoms. The molecule has 0 bridgehead atoms. The lowest BCUT2D eigenvalue weighted by molar-refractivity contribution is -0.136. The van der Waals surface area contributed by atoms with Gasteiger partial charge in [0.15, 0.2) is 11.5 Å². The molecule has 1 unspecified atom stereocenters. The molecular weight excluding hydrogens is 362 g/mol. The molecule has 1 aliphatic rings. The van der Waals surface area contributed by atoms with Crippen LogP contribution < -0.4 is 20.1 Å². The van der Waals surface area contributed by atoms with Crippen LogP contribution in [0.2, 0.25) is 0 Å². The summed E-state index contributed by atoms with van der Waals surface area (Å²) < 4.78 is 36.9. The number of ether oxygens (including phenoxy) is 2. The van der Waals surface area contributed by atoms with Gasteiger partial charge >= 0.3 is 11.8 Å². The van der Waals surface area contributed by atoms with Crippen molar-refractivity contribution in [2.24, 2.45) is 0 Å². The van der Waals surface area contributed by atoms with E-state index in [4.69, 9.17) is 9.47 Å². The van der Waals surface area contributed by atoms with Gasteiger partial charge in [0.2, 0.25) is 6.79 Å². The first-order valence-corrected chi connectivity index (χ1v) is 8.06. The third kappa shape index (κ3) is 4.50. The van der Waals surface area contributed by atoms with Gasteiger partial charge in [-0.3, -0.25) is 9.59 Å².